The Kier molecular flexibility index (Phi) is 6.57. The molecular weight excluding hydrogens is 260 g/mol. The zero-order valence-corrected chi connectivity index (χ0v) is 11.6. The van der Waals surface area contributed by atoms with Crippen molar-refractivity contribution in [3.8, 4) is 0 Å². The molecule has 0 aliphatic carbocycles. The smallest absolute Gasteiger partial charge is 0.251 e. The quantitative estimate of drug-likeness (QED) is 0.682. The number of nitrogens with zero attached hydrogens (tertiary/aromatic N) is 3. The first-order chi connectivity index (χ1) is 8.56. The van der Waals surface area contributed by atoms with Gasteiger partial charge in [-0.2, -0.15) is 5.10 Å². The number of hydrogen-bond donors (Lipinski definition) is 0. The maximum absolute atomic E-state index is 12.4. The molecule has 3 nitrogen and oxygen atoms in total. The van der Waals surface area contributed by atoms with E-state index in [-0.39, 0.29) is 6.54 Å². The zero-order chi connectivity index (χ0) is 13.5. The summed E-state index contributed by atoms with van der Waals surface area (Å²) in [5.74, 6) is 0.346. The van der Waals surface area contributed by atoms with Crippen LogP contribution in [0, 0.1) is 0 Å². The fraction of sp³-hybridized carbons (Fsp3) is 0.750. The molecule has 0 amide bonds. The Morgan fingerprint density at radius 1 is 1.50 bits per heavy atom. The molecule has 1 heterocycles. The van der Waals surface area contributed by atoms with Crippen LogP contribution in [0.1, 0.15) is 32.0 Å². The van der Waals surface area contributed by atoms with E-state index in [2.05, 4.69) is 18.9 Å². The number of aromatic nitrogens is 2. The highest BCUT2D eigenvalue weighted by Crippen LogP contribution is 2.11. The molecule has 1 rings (SSSR count). The third-order valence-corrected chi connectivity index (χ3v) is 3.06. The summed E-state index contributed by atoms with van der Waals surface area (Å²) in [5.41, 5.74) is 0.807. The van der Waals surface area contributed by atoms with Crippen LogP contribution in [0.15, 0.2) is 12.3 Å². The van der Waals surface area contributed by atoms with Crippen molar-refractivity contribution in [2.45, 2.75) is 39.3 Å². The van der Waals surface area contributed by atoms with Gasteiger partial charge in [-0.15, -0.1) is 11.6 Å². The second kappa shape index (κ2) is 7.69. The number of halogens is 3. The number of rotatable bonds is 8. The van der Waals surface area contributed by atoms with Crippen molar-refractivity contribution in [3.05, 3.63) is 18.0 Å². The lowest BCUT2D eigenvalue weighted by molar-refractivity contribution is 0.0871. The second-order valence-electron chi connectivity index (χ2n) is 4.36. The van der Waals surface area contributed by atoms with Crippen LogP contribution in [0.25, 0.3) is 0 Å². The Morgan fingerprint density at radius 3 is 2.78 bits per heavy atom. The van der Waals surface area contributed by atoms with Gasteiger partial charge in [0.25, 0.3) is 6.43 Å². The van der Waals surface area contributed by atoms with E-state index in [4.69, 9.17) is 11.6 Å². The van der Waals surface area contributed by atoms with Crippen LogP contribution >= 0.6 is 11.6 Å². The monoisotopic (exact) mass is 279 g/mol. The Labute approximate surface area is 112 Å². The molecule has 104 valence electrons. The molecule has 0 aliphatic rings. The molecule has 0 N–H and O–H groups in total. The molecule has 0 aromatic carbocycles. The molecule has 0 radical (unpaired) electrons. The van der Waals surface area contributed by atoms with Gasteiger partial charge < -0.3 is 0 Å². The van der Waals surface area contributed by atoms with E-state index in [0.717, 1.165) is 12.1 Å². The standard InChI is InChI=1S/C12H20ClF2N3/c1-3-10(2)18-6-4-11(16-18)8-17(7-5-13)9-12(14)15/h4,6,10,12H,3,5,7-9H2,1-2H3. The van der Waals surface area contributed by atoms with Gasteiger partial charge in [0.05, 0.1) is 12.2 Å². The van der Waals surface area contributed by atoms with Crippen LogP contribution < -0.4 is 0 Å². The van der Waals surface area contributed by atoms with E-state index in [1.54, 1.807) is 4.90 Å². The van der Waals surface area contributed by atoms with Crippen LogP contribution in [0.3, 0.4) is 0 Å². The lowest BCUT2D eigenvalue weighted by Crippen LogP contribution is -2.30. The van der Waals surface area contributed by atoms with Gasteiger partial charge in [0.2, 0.25) is 0 Å². The molecule has 0 spiro atoms. The van der Waals surface area contributed by atoms with Gasteiger partial charge in [0, 0.05) is 31.2 Å². The Bertz CT molecular complexity index is 344. The van der Waals surface area contributed by atoms with Gasteiger partial charge >= 0.3 is 0 Å². The Hall–Kier alpha value is -0.680. The van der Waals surface area contributed by atoms with Gasteiger partial charge in [0.15, 0.2) is 0 Å². The highest BCUT2D eigenvalue weighted by molar-refractivity contribution is 6.18. The van der Waals surface area contributed by atoms with Crippen LogP contribution in [-0.4, -0.2) is 40.1 Å². The van der Waals surface area contributed by atoms with Crippen molar-refractivity contribution in [2.75, 3.05) is 19.0 Å². The maximum Gasteiger partial charge on any atom is 0.251 e. The average molecular weight is 280 g/mol. The van der Waals surface area contributed by atoms with Crippen LogP contribution in [-0.2, 0) is 6.54 Å². The lowest BCUT2D eigenvalue weighted by Gasteiger charge is -2.19. The van der Waals surface area contributed by atoms with Crippen molar-refractivity contribution >= 4 is 11.6 Å². The van der Waals surface area contributed by atoms with Crippen LogP contribution in [0.4, 0.5) is 8.78 Å². The van der Waals surface area contributed by atoms with Gasteiger partial charge in [-0.05, 0) is 19.4 Å². The molecule has 1 aromatic rings. The topological polar surface area (TPSA) is 21.1 Å². The number of hydrogen-bond acceptors (Lipinski definition) is 2. The molecule has 0 aliphatic heterocycles. The highest BCUT2D eigenvalue weighted by atomic mass is 35.5. The Balaban J connectivity index is 2.60. The van der Waals surface area contributed by atoms with E-state index in [0.29, 0.717) is 25.0 Å². The second-order valence-corrected chi connectivity index (χ2v) is 4.74. The summed E-state index contributed by atoms with van der Waals surface area (Å²) in [6, 6.07) is 2.20. The van der Waals surface area contributed by atoms with Crippen molar-refractivity contribution in [2.24, 2.45) is 0 Å². The minimum Gasteiger partial charge on any atom is -0.291 e. The molecule has 1 atom stereocenters. The van der Waals surface area contributed by atoms with Crippen molar-refractivity contribution in [3.63, 3.8) is 0 Å². The molecule has 0 bridgehead atoms. The van der Waals surface area contributed by atoms with Crippen LogP contribution in [0.5, 0.6) is 0 Å². The first kappa shape index (κ1) is 15.4. The summed E-state index contributed by atoms with van der Waals surface area (Å²) < 4.78 is 26.6. The zero-order valence-electron chi connectivity index (χ0n) is 10.8. The summed E-state index contributed by atoms with van der Waals surface area (Å²) >= 11 is 5.61. The van der Waals surface area contributed by atoms with E-state index >= 15 is 0 Å². The number of alkyl halides is 3. The predicted octanol–water partition coefficient (Wildman–Crippen LogP) is 3.16. The average Bonchev–Trinajstić information content (AvgIpc) is 2.76. The van der Waals surface area contributed by atoms with Crippen molar-refractivity contribution in [1.29, 1.82) is 0 Å². The molecule has 0 saturated heterocycles. The largest absolute Gasteiger partial charge is 0.291 e. The van der Waals surface area contributed by atoms with E-state index in [9.17, 15) is 8.78 Å². The fourth-order valence-corrected chi connectivity index (χ4v) is 1.91. The lowest BCUT2D eigenvalue weighted by atomic mass is 10.3. The van der Waals surface area contributed by atoms with E-state index < -0.39 is 6.43 Å². The molecule has 1 aromatic heterocycles. The summed E-state index contributed by atoms with van der Waals surface area (Å²) in [6.07, 6.45) is 0.541. The third-order valence-electron chi connectivity index (χ3n) is 2.89. The minimum absolute atomic E-state index is 0.261. The van der Waals surface area contributed by atoms with Gasteiger partial charge in [-0.25, -0.2) is 8.78 Å². The van der Waals surface area contributed by atoms with E-state index in [1.807, 2.05) is 16.9 Å². The molecule has 18 heavy (non-hydrogen) atoms. The van der Waals surface area contributed by atoms with Gasteiger partial charge in [-0.1, -0.05) is 6.92 Å². The normalized spacial score (nSPS) is 13.5. The summed E-state index contributed by atoms with van der Waals surface area (Å²) in [7, 11) is 0. The molecule has 6 heteroatoms. The van der Waals surface area contributed by atoms with Crippen molar-refractivity contribution < 1.29 is 8.78 Å². The minimum atomic E-state index is -2.34. The first-order valence-corrected chi connectivity index (χ1v) is 6.70. The summed E-state index contributed by atoms with van der Waals surface area (Å²) in [4.78, 5) is 1.63. The Morgan fingerprint density at radius 2 is 2.22 bits per heavy atom. The molecular formula is C12H20ClF2N3. The third kappa shape index (κ3) is 4.90. The van der Waals surface area contributed by atoms with E-state index in [1.165, 1.54) is 0 Å². The molecule has 0 saturated carbocycles. The first-order valence-electron chi connectivity index (χ1n) is 6.17. The molecule has 0 fully saturated rings. The predicted molar refractivity (Wildman–Crippen MR) is 69.2 cm³/mol. The van der Waals surface area contributed by atoms with Gasteiger partial charge in [0.1, 0.15) is 0 Å². The maximum atomic E-state index is 12.4. The SMILES string of the molecule is CCC(C)n1ccc(CN(CCCl)CC(F)F)n1. The van der Waals surface area contributed by atoms with Gasteiger partial charge in [-0.3, -0.25) is 9.58 Å². The summed E-state index contributed by atoms with van der Waals surface area (Å²) in [6.45, 7) is 4.76. The van der Waals surface area contributed by atoms with Crippen LogP contribution in [0.2, 0.25) is 0 Å². The fourth-order valence-electron chi connectivity index (χ4n) is 1.67. The molecule has 1 unspecified atom stereocenters. The summed E-state index contributed by atoms with van der Waals surface area (Å²) in [5, 5.41) is 4.40. The van der Waals surface area contributed by atoms with Crippen molar-refractivity contribution in [1.82, 2.24) is 14.7 Å². The highest BCUT2D eigenvalue weighted by Gasteiger charge is 2.14.